The monoisotopic (exact) mass is 240 g/mol. The summed E-state index contributed by atoms with van der Waals surface area (Å²) in [5.74, 6) is -0.943. The van der Waals surface area contributed by atoms with Gasteiger partial charge in [-0.3, -0.25) is 0 Å². The summed E-state index contributed by atoms with van der Waals surface area (Å²) in [6.45, 7) is 2.11. The molecule has 5 heteroatoms. The number of unbranched alkanes of at least 4 members (excludes halogenated alkanes) is 3. The highest BCUT2D eigenvalue weighted by Gasteiger charge is 2.12. The fourth-order valence-electron chi connectivity index (χ4n) is 1.35. The van der Waals surface area contributed by atoms with E-state index in [2.05, 4.69) is 11.9 Å². The summed E-state index contributed by atoms with van der Waals surface area (Å²) >= 11 is 1.26. The molecule has 0 saturated carbocycles. The summed E-state index contributed by atoms with van der Waals surface area (Å²) in [7, 11) is 0. The minimum absolute atomic E-state index is 0.254. The van der Waals surface area contributed by atoms with Crippen LogP contribution in [0.1, 0.15) is 38.3 Å². The van der Waals surface area contributed by atoms with E-state index >= 15 is 0 Å². The predicted octanol–water partition coefficient (Wildman–Crippen LogP) is 2.77. The number of hydrogen-bond acceptors (Lipinski definition) is 4. The zero-order valence-corrected chi connectivity index (χ0v) is 10.1. The number of nitrogens with zero attached hydrogens (tertiary/aromatic N) is 1. The van der Waals surface area contributed by atoms with Gasteiger partial charge in [0.05, 0.1) is 11.3 Å². The quantitative estimate of drug-likeness (QED) is 0.592. The zero-order chi connectivity index (χ0) is 12.0. The molecule has 0 aliphatic carbocycles. The van der Waals surface area contributed by atoms with Crippen molar-refractivity contribution in [2.45, 2.75) is 32.6 Å². The second kappa shape index (κ2) is 6.27. The molecule has 3 N–H and O–H groups in total. The molecular weight excluding hydrogens is 224 g/mol. The SMILES string of the molecule is CCCCCC=C(C(=O)O)c1csc(N)n1. The number of carboxylic acid groups (broad SMARTS) is 1. The first-order valence-electron chi connectivity index (χ1n) is 5.30. The highest BCUT2D eigenvalue weighted by molar-refractivity contribution is 7.13. The van der Waals surface area contributed by atoms with Crippen molar-refractivity contribution in [3.63, 3.8) is 0 Å². The lowest BCUT2D eigenvalue weighted by molar-refractivity contribution is -0.130. The zero-order valence-electron chi connectivity index (χ0n) is 9.27. The Morgan fingerprint density at radius 3 is 2.88 bits per heavy atom. The van der Waals surface area contributed by atoms with E-state index in [0.717, 1.165) is 25.7 Å². The average Bonchev–Trinajstić information content (AvgIpc) is 2.64. The number of hydrogen-bond donors (Lipinski definition) is 2. The number of rotatable bonds is 6. The summed E-state index contributed by atoms with van der Waals surface area (Å²) in [6.07, 6.45) is 5.74. The number of aliphatic carboxylic acids is 1. The van der Waals surface area contributed by atoms with Gasteiger partial charge in [-0.15, -0.1) is 11.3 Å². The first-order valence-corrected chi connectivity index (χ1v) is 6.18. The molecule has 0 aliphatic heterocycles. The molecule has 0 fully saturated rings. The van der Waals surface area contributed by atoms with Gasteiger partial charge in [0.25, 0.3) is 0 Å². The molecule has 0 atom stereocenters. The van der Waals surface area contributed by atoms with Gasteiger partial charge in [0, 0.05) is 5.38 Å². The standard InChI is InChI=1S/C11H16N2O2S/c1-2-3-4-5-6-8(10(14)15)9-7-16-11(12)13-9/h6-7H,2-5H2,1H3,(H2,12,13)(H,14,15). The van der Waals surface area contributed by atoms with Crippen molar-refractivity contribution in [1.82, 2.24) is 4.98 Å². The molecule has 4 nitrogen and oxygen atoms in total. The number of nitrogen functional groups attached to an aromatic ring is 1. The topological polar surface area (TPSA) is 76.2 Å². The lowest BCUT2D eigenvalue weighted by Gasteiger charge is -1.98. The minimum Gasteiger partial charge on any atom is -0.478 e. The van der Waals surface area contributed by atoms with Crippen molar-refractivity contribution in [3.05, 3.63) is 17.2 Å². The maximum absolute atomic E-state index is 11.0. The van der Waals surface area contributed by atoms with E-state index in [0.29, 0.717) is 10.8 Å². The molecule has 0 spiro atoms. The second-order valence-corrected chi connectivity index (χ2v) is 4.38. The van der Waals surface area contributed by atoms with Gasteiger partial charge >= 0.3 is 5.97 Å². The van der Waals surface area contributed by atoms with Gasteiger partial charge in [-0.1, -0.05) is 25.8 Å². The summed E-state index contributed by atoms with van der Waals surface area (Å²) in [4.78, 5) is 15.0. The molecule has 0 saturated heterocycles. The summed E-state index contributed by atoms with van der Waals surface area (Å²) < 4.78 is 0. The maximum Gasteiger partial charge on any atom is 0.337 e. The molecule has 0 bridgehead atoms. The molecular formula is C11H16N2O2S. The first-order chi connectivity index (χ1) is 7.65. The molecule has 88 valence electrons. The summed E-state index contributed by atoms with van der Waals surface area (Å²) in [5, 5.41) is 11.1. The smallest absolute Gasteiger partial charge is 0.337 e. The molecule has 16 heavy (non-hydrogen) atoms. The molecule has 1 aromatic heterocycles. The summed E-state index contributed by atoms with van der Waals surface area (Å²) in [5.41, 5.74) is 6.20. The van der Waals surface area contributed by atoms with E-state index in [4.69, 9.17) is 10.8 Å². The van der Waals surface area contributed by atoms with E-state index in [1.165, 1.54) is 11.3 Å². The van der Waals surface area contributed by atoms with Crippen molar-refractivity contribution in [2.75, 3.05) is 5.73 Å². The van der Waals surface area contributed by atoms with Crippen LogP contribution in [0.25, 0.3) is 5.57 Å². The van der Waals surface area contributed by atoms with Crippen LogP contribution in [0.15, 0.2) is 11.5 Å². The van der Waals surface area contributed by atoms with Crippen LogP contribution in [-0.4, -0.2) is 16.1 Å². The molecule has 0 amide bonds. The van der Waals surface area contributed by atoms with Crippen molar-refractivity contribution >= 4 is 28.0 Å². The molecule has 1 heterocycles. The average molecular weight is 240 g/mol. The van der Waals surface area contributed by atoms with E-state index < -0.39 is 5.97 Å². The fraction of sp³-hybridized carbons (Fsp3) is 0.455. The fourth-order valence-corrected chi connectivity index (χ4v) is 1.92. The van der Waals surface area contributed by atoms with Crippen LogP contribution in [0.5, 0.6) is 0 Å². The van der Waals surface area contributed by atoms with Gasteiger partial charge in [-0.25, -0.2) is 9.78 Å². The minimum atomic E-state index is -0.943. The second-order valence-electron chi connectivity index (χ2n) is 3.49. The molecule has 0 aliphatic rings. The van der Waals surface area contributed by atoms with Crippen LogP contribution in [0, 0.1) is 0 Å². The Morgan fingerprint density at radius 1 is 1.62 bits per heavy atom. The molecule has 0 unspecified atom stereocenters. The Bertz CT molecular complexity index is 385. The molecule has 1 rings (SSSR count). The number of thiazole rings is 1. The summed E-state index contributed by atoms with van der Waals surface area (Å²) in [6, 6.07) is 0. The third-order valence-electron chi connectivity index (χ3n) is 2.18. The number of anilines is 1. The Hall–Kier alpha value is -1.36. The predicted molar refractivity (Wildman–Crippen MR) is 66.3 cm³/mol. The van der Waals surface area contributed by atoms with Crippen LogP contribution in [0.3, 0.4) is 0 Å². The highest BCUT2D eigenvalue weighted by atomic mass is 32.1. The number of carboxylic acids is 1. The largest absolute Gasteiger partial charge is 0.478 e. The Kier molecular flexibility index (Phi) is 4.98. The van der Waals surface area contributed by atoms with Crippen molar-refractivity contribution < 1.29 is 9.90 Å². The lowest BCUT2D eigenvalue weighted by Crippen LogP contribution is -2.00. The van der Waals surface area contributed by atoms with Gasteiger partial charge in [-0.2, -0.15) is 0 Å². The van der Waals surface area contributed by atoms with Gasteiger partial charge in [0.15, 0.2) is 5.13 Å². The van der Waals surface area contributed by atoms with E-state index in [9.17, 15) is 4.79 Å². The lowest BCUT2D eigenvalue weighted by atomic mass is 10.1. The van der Waals surface area contributed by atoms with E-state index in [-0.39, 0.29) is 5.57 Å². The van der Waals surface area contributed by atoms with Crippen molar-refractivity contribution in [3.8, 4) is 0 Å². The molecule has 0 radical (unpaired) electrons. The van der Waals surface area contributed by atoms with Crippen LogP contribution >= 0.6 is 11.3 Å². The van der Waals surface area contributed by atoms with Crippen LogP contribution in [0.4, 0.5) is 5.13 Å². The number of nitrogens with two attached hydrogens (primary N) is 1. The third kappa shape index (κ3) is 3.66. The third-order valence-corrected chi connectivity index (χ3v) is 2.86. The Morgan fingerprint density at radius 2 is 2.38 bits per heavy atom. The van der Waals surface area contributed by atoms with Gasteiger partial charge in [0.2, 0.25) is 0 Å². The van der Waals surface area contributed by atoms with Crippen LogP contribution in [-0.2, 0) is 4.79 Å². The van der Waals surface area contributed by atoms with Crippen molar-refractivity contribution in [2.24, 2.45) is 0 Å². The Balaban J connectivity index is 2.71. The van der Waals surface area contributed by atoms with Crippen LogP contribution < -0.4 is 5.73 Å². The number of allylic oxidation sites excluding steroid dienone is 1. The van der Waals surface area contributed by atoms with Gasteiger partial charge < -0.3 is 10.8 Å². The number of carbonyl (C=O) groups is 1. The maximum atomic E-state index is 11.0. The van der Waals surface area contributed by atoms with Crippen LogP contribution in [0.2, 0.25) is 0 Å². The highest BCUT2D eigenvalue weighted by Crippen LogP contribution is 2.20. The normalized spacial score (nSPS) is 11.7. The number of aromatic nitrogens is 1. The van der Waals surface area contributed by atoms with Gasteiger partial charge in [0.1, 0.15) is 0 Å². The van der Waals surface area contributed by atoms with E-state index in [1.54, 1.807) is 11.5 Å². The van der Waals surface area contributed by atoms with Crippen molar-refractivity contribution in [1.29, 1.82) is 0 Å². The van der Waals surface area contributed by atoms with E-state index in [1.807, 2.05) is 0 Å². The first kappa shape index (κ1) is 12.7. The molecule has 1 aromatic rings. The Labute approximate surface area is 98.8 Å². The van der Waals surface area contributed by atoms with Gasteiger partial charge in [-0.05, 0) is 12.8 Å². The molecule has 0 aromatic carbocycles.